The van der Waals surface area contributed by atoms with Crippen molar-refractivity contribution < 1.29 is 0 Å². The first-order chi connectivity index (χ1) is 36.5. The van der Waals surface area contributed by atoms with Gasteiger partial charge in [0.25, 0.3) is 0 Å². The second-order valence-corrected chi connectivity index (χ2v) is 25.3. The van der Waals surface area contributed by atoms with Crippen LogP contribution in [0.4, 0.5) is 17.1 Å². The zero-order valence-electron chi connectivity index (χ0n) is 45.7. The third kappa shape index (κ3) is 6.45. The van der Waals surface area contributed by atoms with Gasteiger partial charge in [-0.05, 0) is 164 Å². The molecule has 0 unspecified atom stereocenters. The number of fused-ring (bicyclic) bond motifs is 16. The predicted molar refractivity (Wildman–Crippen MR) is 321 cm³/mol. The second-order valence-electron chi connectivity index (χ2n) is 25.3. The number of nitrogens with zero attached hydrogens (tertiary/aromatic N) is 1. The van der Waals surface area contributed by atoms with E-state index in [1.165, 1.54) is 128 Å². The van der Waals surface area contributed by atoms with Crippen LogP contribution in [0.15, 0.2) is 212 Å². The van der Waals surface area contributed by atoms with Gasteiger partial charge in [-0.25, -0.2) is 0 Å². The summed E-state index contributed by atoms with van der Waals surface area (Å²) in [5.41, 5.74) is 32.0. The highest BCUT2D eigenvalue weighted by molar-refractivity contribution is 6.02. The van der Waals surface area contributed by atoms with E-state index in [1.54, 1.807) is 0 Å². The fourth-order valence-electron chi connectivity index (χ4n) is 14.3. The van der Waals surface area contributed by atoms with E-state index in [-0.39, 0.29) is 21.7 Å². The fourth-order valence-corrected chi connectivity index (χ4v) is 14.3. The summed E-state index contributed by atoms with van der Waals surface area (Å²) in [5.74, 6) is 0. The van der Waals surface area contributed by atoms with Crippen LogP contribution in [0.5, 0.6) is 0 Å². The standard InChI is InChI=1S/C75H65N/c1-71(2,3)49-34-41-57-58-42-35-50(72(4,5)6)45-67(58)75(66(57)44-49)63-26-16-13-21-60(63)69-64(75)27-18-28-68(69)76(51-36-29-46(30-37-51)48-33-40-56-54-19-11-14-24-61(54)73(7,8)65(56)43-48)52-38-31-47(32-39-52)53-22-17-23-59-55-20-12-15-25-62(55)74(9,10)70(53)59/h11-45H,1-10H3. The van der Waals surface area contributed by atoms with Gasteiger partial charge >= 0.3 is 0 Å². The highest BCUT2D eigenvalue weighted by Gasteiger charge is 2.53. The van der Waals surface area contributed by atoms with Gasteiger partial charge in [-0.15, -0.1) is 0 Å². The second kappa shape index (κ2) is 16.0. The van der Waals surface area contributed by atoms with Crippen molar-refractivity contribution in [3.05, 3.63) is 268 Å². The molecule has 0 amide bonds. The zero-order valence-corrected chi connectivity index (χ0v) is 45.7. The molecule has 0 aliphatic heterocycles. The van der Waals surface area contributed by atoms with Gasteiger partial charge in [0.15, 0.2) is 0 Å². The Labute approximate surface area is 450 Å². The van der Waals surface area contributed by atoms with Crippen molar-refractivity contribution in [2.45, 2.75) is 96.3 Å². The van der Waals surface area contributed by atoms with Crippen molar-refractivity contribution in [1.82, 2.24) is 0 Å². The van der Waals surface area contributed by atoms with Crippen LogP contribution in [0.3, 0.4) is 0 Å². The summed E-state index contributed by atoms with van der Waals surface area (Å²) >= 11 is 0. The Bertz CT molecular complexity index is 3990. The molecule has 0 radical (unpaired) electrons. The van der Waals surface area contributed by atoms with Gasteiger partial charge in [-0.3, -0.25) is 0 Å². The maximum absolute atomic E-state index is 2.55. The van der Waals surface area contributed by atoms with E-state index in [9.17, 15) is 0 Å². The van der Waals surface area contributed by atoms with Gasteiger partial charge in [-0.2, -0.15) is 0 Å². The predicted octanol–water partition coefficient (Wildman–Crippen LogP) is 20.0. The largest absolute Gasteiger partial charge is 0.310 e. The van der Waals surface area contributed by atoms with E-state index >= 15 is 0 Å². The summed E-state index contributed by atoms with van der Waals surface area (Å²) in [4.78, 5) is 2.54. The van der Waals surface area contributed by atoms with Gasteiger partial charge in [0, 0.05) is 27.8 Å². The minimum Gasteiger partial charge on any atom is -0.310 e. The third-order valence-electron chi connectivity index (χ3n) is 18.2. The van der Waals surface area contributed by atoms with Crippen molar-refractivity contribution >= 4 is 17.1 Å². The maximum atomic E-state index is 2.55. The summed E-state index contributed by atoms with van der Waals surface area (Å²) in [5, 5.41) is 0. The van der Waals surface area contributed by atoms with Crippen LogP contribution in [0, 0.1) is 0 Å². The van der Waals surface area contributed by atoms with Gasteiger partial charge in [-0.1, -0.05) is 245 Å². The fraction of sp³-hybridized carbons (Fsp3) is 0.200. The molecule has 1 spiro atoms. The first-order valence-corrected chi connectivity index (χ1v) is 27.5. The minimum absolute atomic E-state index is 0.0277. The lowest BCUT2D eigenvalue weighted by Crippen LogP contribution is -2.27. The van der Waals surface area contributed by atoms with Crippen LogP contribution in [-0.2, 0) is 27.1 Å². The van der Waals surface area contributed by atoms with Crippen LogP contribution in [-0.4, -0.2) is 0 Å². The topological polar surface area (TPSA) is 3.24 Å². The van der Waals surface area contributed by atoms with Crippen LogP contribution >= 0.6 is 0 Å². The van der Waals surface area contributed by atoms with E-state index in [0.29, 0.717) is 0 Å². The molecule has 10 aromatic rings. The van der Waals surface area contributed by atoms with E-state index in [0.717, 1.165) is 11.4 Å². The van der Waals surface area contributed by atoms with Crippen LogP contribution in [0.1, 0.15) is 125 Å². The van der Waals surface area contributed by atoms with Gasteiger partial charge in [0.1, 0.15) is 0 Å². The molecule has 10 aromatic carbocycles. The smallest absolute Gasteiger partial charge is 0.0726 e. The van der Waals surface area contributed by atoms with Crippen molar-refractivity contribution in [2.75, 3.05) is 4.90 Å². The summed E-state index contributed by atoms with van der Waals surface area (Å²) < 4.78 is 0. The Kier molecular flexibility index (Phi) is 9.80. The average molecular weight is 980 g/mol. The molecule has 0 aromatic heterocycles. The van der Waals surface area contributed by atoms with Crippen molar-refractivity contribution in [3.8, 4) is 66.8 Å². The Morgan fingerprint density at radius 3 is 1.34 bits per heavy atom. The summed E-state index contributed by atoms with van der Waals surface area (Å²) in [6.45, 7) is 23.6. The molecule has 0 atom stereocenters. The molecule has 0 bridgehead atoms. The highest BCUT2D eigenvalue weighted by Crippen LogP contribution is 2.66. The average Bonchev–Trinajstić information content (AvgIpc) is 4.16. The molecule has 0 fully saturated rings. The Morgan fingerprint density at radius 2 is 0.737 bits per heavy atom. The molecule has 0 N–H and O–H groups in total. The molecule has 370 valence electrons. The molecule has 4 aliphatic carbocycles. The van der Waals surface area contributed by atoms with Crippen molar-refractivity contribution in [3.63, 3.8) is 0 Å². The molecule has 14 rings (SSSR count). The SMILES string of the molecule is CC(C)(C)c1ccc2c(c1)C1(c3cc(C(C)(C)C)ccc3-2)c2ccccc2-c2c(N(c3ccc(-c4ccc5c(c4)C(C)(C)c4ccccc4-5)cc3)c3ccc(-c4cccc5c4C(C)(C)c4ccccc4-5)cc3)cccc21. The molecule has 1 heteroatoms. The minimum atomic E-state index is -0.520. The van der Waals surface area contributed by atoms with Crippen LogP contribution in [0.2, 0.25) is 0 Å². The molecule has 76 heavy (non-hydrogen) atoms. The molecule has 0 heterocycles. The van der Waals surface area contributed by atoms with E-state index in [4.69, 9.17) is 0 Å². The number of rotatable bonds is 5. The Morgan fingerprint density at radius 1 is 0.303 bits per heavy atom. The first kappa shape index (κ1) is 46.5. The third-order valence-corrected chi connectivity index (χ3v) is 18.2. The molecule has 1 nitrogen and oxygen atoms in total. The van der Waals surface area contributed by atoms with E-state index < -0.39 is 5.41 Å². The zero-order chi connectivity index (χ0) is 52.3. The van der Waals surface area contributed by atoms with Crippen molar-refractivity contribution in [2.24, 2.45) is 0 Å². The number of hydrogen-bond donors (Lipinski definition) is 0. The first-order valence-electron chi connectivity index (χ1n) is 27.5. The van der Waals surface area contributed by atoms with E-state index in [2.05, 4.69) is 286 Å². The van der Waals surface area contributed by atoms with Gasteiger partial charge in [0.2, 0.25) is 0 Å². The molecule has 0 saturated carbocycles. The number of hydrogen-bond acceptors (Lipinski definition) is 1. The lowest BCUT2D eigenvalue weighted by molar-refractivity contribution is 0.586. The van der Waals surface area contributed by atoms with Crippen LogP contribution < -0.4 is 4.90 Å². The van der Waals surface area contributed by atoms with Gasteiger partial charge < -0.3 is 4.90 Å². The summed E-state index contributed by atoms with van der Waals surface area (Å²) in [6.07, 6.45) is 0. The highest BCUT2D eigenvalue weighted by atomic mass is 15.1. The Balaban J connectivity index is 0.972. The lowest BCUT2D eigenvalue weighted by Gasteiger charge is -2.33. The van der Waals surface area contributed by atoms with Crippen molar-refractivity contribution in [1.29, 1.82) is 0 Å². The molecular weight excluding hydrogens is 915 g/mol. The summed E-state index contributed by atoms with van der Waals surface area (Å²) in [7, 11) is 0. The maximum Gasteiger partial charge on any atom is 0.0726 e. The normalized spacial score (nSPS) is 15.3. The summed E-state index contributed by atoms with van der Waals surface area (Å²) in [6, 6.07) is 81.8. The van der Waals surface area contributed by atoms with E-state index in [1.807, 2.05) is 0 Å². The lowest BCUT2D eigenvalue weighted by atomic mass is 9.69. The Hall–Kier alpha value is -8.00. The molecule has 4 aliphatic rings. The van der Waals surface area contributed by atoms with Gasteiger partial charge in [0.05, 0.1) is 11.1 Å². The number of benzene rings is 10. The van der Waals surface area contributed by atoms with Crippen LogP contribution in [0.25, 0.3) is 66.8 Å². The number of anilines is 3. The molecular formula is C75H65N. The monoisotopic (exact) mass is 980 g/mol. The quantitative estimate of drug-likeness (QED) is 0.166. The molecule has 0 saturated heterocycles.